The van der Waals surface area contributed by atoms with Gasteiger partial charge in [0.15, 0.2) is 5.65 Å². The Labute approximate surface area is 399 Å². The Morgan fingerprint density at radius 1 is 0.662 bits per heavy atom. The number of hydrogen-bond acceptors (Lipinski definition) is 5. The van der Waals surface area contributed by atoms with E-state index in [1.807, 2.05) is 54.6 Å². The fourth-order valence-electron chi connectivity index (χ4n) is 8.92. The standard InChI is InChI=1S/C39H31N4O.C18H24GeN.Ir/c1-23(2)31-21-26(25-13-6-5-7-14-25)22-32(24(3)4)35(31)43-36-29-16-8-10-19-33(29)41-42-38(36)40-39(43)30-18-12-17-28-27-15-9-11-20-34(27)44-37(28)30;1-14(2)11-16-12-18(15-9-7-6-8-10-15)20-13-17(16)19(3,4)5;/h5-17,19-24H,1-4H3;6-9,12-14H,11H2,1-5H3;/q2*-1;. The minimum absolute atomic E-state index is 0. The molecule has 0 N–H and O–H groups in total. The number of aromatic nitrogens is 5. The summed E-state index contributed by atoms with van der Waals surface area (Å²) in [4.78, 5) is 9.91. The van der Waals surface area contributed by atoms with E-state index < -0.39 is 13.3 Å². The van der Waals surface area contributed by atoms with E-state index in [9.17, 15) is 0 Å². The van der Waals surface area contributed by atoms with Crippen LogP contribution in [-0.2, 0) is 26.5 Å². The maximum Gasteiger partial charge on any atom is 0.191 e. The smallest absolute Gasteiger partial charge is 0.191 e. The fourth-order valence-corrected chi connectivity index (χ4v) is 12.3. The number of fused-ring (bicyclic) bond motifs is 6. The van der Waals surface area contributed by atoms with Gasteiger partial charge in [0.1, 0.15) is 5.58 Å². The van der Waals surface area contributed by atoms with Gasteiger partial charge in [0, 0.05) is 36.6 Å². The van der Waals surface area contributed by atoms with Crippen molar-refractivity contribution in [1.82, 2.24) is 24.7 Å². The van der Waals surface area contributed by atoms with Crippen LogP contribution in [0.25, 0.3) is 83.5 Å². The summed E-state index contributed by atoms with van der Waals surface area (Å²) in [5, 5.41) is 12.3. The molecule has 0 aliphatic heterocycles. The average molecular weight is 1090 g/mol. The van der Waals surface area contributed by atoms with Gasteiger partial charge < -0.3 is 8.98 Å². The number of para-hydroxylation sites is 1. The summed E-state index contributed by atoms with van der Waals surface area (Å²) in [5.41, 5.74) is 14.4. The summed E-state index contributed by atoms with van der Waals surface area (Å²) in [7, 11) is 0. The fraction of sp³-hybridized carbons (Fsp3) is 0.228. The molecule has 6 aromatic carbocycles. The molecule has 10 aromatic rings. The van der Waals surface area contributed by atoms with E-state index in [-0.39, 0.29) is 31.9 Å². The van der Waals surface area contributed by atoms with Crippen molar-refractivity contribution in [2.24, 2.45) is 5.92 Å². The number of hydrogen-bond donors (Lipinski definition) is 0. The third kappa shape index (κ3) is 9.12. The number of imidazole rings is 1. The third-order valence-corrected chi connectivity index (χ3v) is 16.3. The van der Waals surface area contributed by atoms with Crippen molar-refractivity contribution in [1.29, 1.82) is 0 Å². The topological polar surface area (TPSA) is 69.6 Å². The van der Waals surface area contributed by atoms with Crippen LogP contribution in [0.4, 0.5) is 0 Å². The zero-order valence-electron chi connectivity index (χ0n) is 38.7. The zero-order valence-corrected chi connectivity index (χ0v) is 43.2. The molecule has 0 fully saturated rings. The Kier molecular flexibility index (Phi) is 13.4. The van der Waals surface area contributed by atoms with Crippen molar-refractivity contribution in [3.05, 3.63) is 168 Å². The number of furan rings is 1. The molecule has 1 radical (unpaired) electrons. The van der Waals surface area contributed by atoms with Crippen LogP contribution in [0.15, 0.2) is 144 Å². The Morgan fingerprint density at radius 3 is 2.02 bits per heavy atom. The molecule has 0 unspecified atom stereocenters. The van der Waals surface area contributed by atoms with Crippen LogP contribution in [0.1, 0.15) is 70.1 Å². The van der Waals surface area contributed by atoms with E-state index >= 15 is 0 Å². The predicted octanol–water partition coefficient (Wildman–Crippen LogP) is 14.5. The van der Waals surface area contributed by atoms with Gasteiger partial charge in [-0.05, 0) is 58.4 Å². The first kappa shape index (κ1) is 45.8. The first-order chi connectivity index (χ1) is 30.9. The summed E-state index contributed by atoms with van der Waals surface area (Å²) in [6.45, 7) is 13.6. The third-order valence-electron chi connectivity index (χ3n) is 12.0. The van der Waals surface area contributed by atoms with Crippen LogP contribution < -0.4 is 4.40 Å². The summed E-state index contributed by atoms with van der Waals surface area (Å²) in [5.74, 6) is 9.21. The van der Waals surface area contributed by atoms with Gasteiger partial charge in [0.05, 0.1) is 22.4 Å². The van der Waals surface area contributed by atoms with E-state index in [0.29, 0.717) is 11.6 Å². The quantitative estimate of drug-likeness (QED) is 0.106. The second-order valence-corrected chi connectivity index (χ2v) is 29.5. The molecular formula is C57H55GeIrN5O-2. The molecule has 65 heavy (non-hydrogen) atoms. The Balaban J connectivity index is 0.000000232. The molecule has 0 aliphatic carbocycles. The molecule has 0 saturated carbocycles. The van der Waals surface area contributed by atoms with Gasteiger partial charge in [-0.25, -0.2) is 0 Å². The van der Waals surface area contributed by atoms with E-state index in [1.54, 1.807) is 4.40 Å². The van der Waals surface area contributed by atoms with Gasteiger partial charge in [-0.2, -0.15) is 0 Å². The van der Waals surface area contributed by atoms with Crippen LogP contribution in [0.5, 0.6) is 0 Å². The molecular weight excluding hydrogens is 1040 g/mol. The molecule has 0 aliphatic rings. The van der Waals surface area contributed by atoms with Gasteiger partial charge in [0.25, 0.3) is 0 Å². The molecule has 0 spiro atoms. The van der Waals surface area contributed by atoms with Crippen molar-refractivity contribution in [2.75, 3.05) is 0 Å². The monoisotopic (exact) mass is 1090 g/mol. The summed E-state index contributed by atoms with van der Waals surface area (Å²) >= 11 is -1.86. The van der Waals surface area contributed by atoms with E-state index in [2.05, 4.69) is 171 Å². The van der Waals surface area contributed by atoms with Crippen LogP contribution in [0, 0.1) is 18.1 Å². The number of pyridine rings is 1. The van der Waals surface area contributed by atoms with Gasteiger partial charge in [-0.3, -0.25) is 4.98 Å². The van der Waals surface area contributed by atoms with Crippen LogP contribution in [0.2, 0.25) is 17.3 Å². The molecule has 329 valence electrons. The minimum Gasteiger partial charge on any atom is -0.501 e. The molecule has 0 bridgehead atoms. The van der Waals surface area contributed by atoms with Crippen molar-refractivity contribution in [2.45, 2.75) is 77.1 Å². The summed E-state index contributed by atoms with van der Waals surface area (Å²) in [6.07, 6.45) is 3.27. The summed E-state index contributed by atoms with van der Waals surface area (Å²) < 4.78 is 10.4. The van der Waals surface area contributed by atoms with Crippen molar-refractivity contribution >= 4 is 61.7 Å². The van der Waals surface area contributed by atoms with Gasteiger partial charge in [0.2, 0.25) is 0 Å². The Bertz CT molecular complexity index is 3250. The van der Waals surface area contributed by atoms with Gasteiger partial charge >= 0.3 is 126 Å². The second kappa shape index (κ2) is 19.0. The van der Waals surface area contributed by atoms with Crippen LogP contribution in [0.3, 0.4) is 0 Å². The molecule has 10 rings (SSSR count). The number of nitrogens with zero attached hydrogens (tertiary/aromatic N) is 5. The van der Waals surface area contributed by atoms with Crippen molar-refractivity contribution < 1.29 is 24.5 Å². The first-order valence-electron chi connectivity index (χ1n) is 22.5. The molecule has 0 saturated heterocycles. The molecule has 4 aromatic heterocycles. The maximum atomic E-state index is 6.52. The molecule has 6 nitrogen and oxygen atoms in total. The van der Waals surface area contributed by atoms with Crippen molar-refractivity contribution in [3.63, 3.8) is 0 Å². The van der Waals surface area contributed by atoms with Gasteiger partial charge in [-0.1, -0.05) is 105 Å². The number of benzene rings is 6. The molecule has 0 atom stereocenters. The average Bonchev–Trinajstić information content (AvgIpc) is 3.88. The molecule has 8 heteroatoms. The van der Waals surface area contributed by atoms with E-state index in [1.165, 1.54) is 27.8 Å². The van der Waals surface area contributed by atoms with E-state index in [0.717, 1.165) is 73.1 Å². The Morgan fingerprint density at radius 2 is 1.34 bits per heavy atom. The number of rotatable bonds is 9. The largest absolute Gasteiger partial charge is 0.501 e. The zero-order chi connectivity index (χ0) is 44.7. The van der Waals surface area contributed by atoms with Crippen molar-refractivity contribution in [3.8, 4) is 39.5 Å². The SMILES string of the molecule is CC(C)Cc1cc(-c2[c-]cccc2)nc[c]1[Ge]([CH3])([CH3])[CH3].CC(C)c1cc(-c2ccccc2)cc(C(C)C)c1-n1c(-c2[c-]ccc3c2oc2ccccc23)nc2nnc3ccccc3c21.[Ir]. The second-order valence-electron chi connectivity index (χ2n) is 18.9. The van der Waals surface area contributed by atoms with Crippen LogP contribution >= 0.6 is 0 Å². The Hall–Kier alpha value is -5.73. The minimum atomic E-state index is -1.86. The maximum absolute atomic E-state index is 6.52. The molecule has 4 heterocycles. The normalized spacial score (nSPS) is 11.8. The summed E-state index contributed by atoms with van der Waals surface area (Å²) in [6, 6.07) is 52.9. The molecule has 0 amide bonds. The van der Waals surface area contributed by atoms with Crippen LogP contribution in [-0.4, -0.2) is 38.0 Å². The first-order valence-corrected chi connectivity index (χ1v) is 29.9. The predicted molar refractivity (Wildman–Crippen MR) is 269 cm³/mol. The van der Waals surface area contributed by atoms with Gasteiger partial charge in [-0.15, -0.1) is 28.4 Å². The van der Waals surface area contributed by atoms with E-state index in [4.69, 9.17) is 14.4 Å².